The number of rotatable bonds is 4. The molecule has 17 heavy (non-hydrogen) atoms. The number of hydrogen-bond donors (Lipinski definition) is 1. The maximum atomic E-state index is 11.9. The molecule has 1 aromatic rings. The summed E-state index contributed by atoms with van der Waals surface area (Å²) >= 11 is 5.81. The van der Waals surface area contributed by atoms with E-state index in [0.29, 0.717) is 10.6 Å². The number of hydrogen-bond acceptors (Lipinski definition) is 1. The average molecular weight is 267 g/mol. The van der Waals surface area contributed by atoms with Crippen LogP contribution in [0.4, 0.5) is 13.2 Å². The van der Waals surface area contributed by atoms with Gasteiger partial charge >= 0.3 is 6.18 Å². The lowest BCUT2D eigenvalue weighted by molar-refractivity contribution is -0.136. The van der Waals surface area contributed by atoms with Crippen molar-refractivity contribution in [3.05, 3.63) is 34.3 Å². The van der Waals surface area contributed by atoms with Crippen molar-refractivity contribution in [2.45, 2.75) is 38.5 Å². The van der Waals surface area contributed by atoms with E-state index < -0.39 is 18.7 Å². The second-order valence-corrected chi connectivity index (χ2v) is 4.52. The molecule has 0 amide bonds. The molecule has 1 N–H and O–H groups in total. The van der Waals surface area contributed by atoms with Gasteiger partial charge in [-0.2, -0.15) is 13.2 Å². The highest BCUT2D eigenvalue weighted by atomic mass is 35.5. The van der Waals surface area contributed by atoms with Crippen molar-refractivity contribution >= 4 is 11.6 Å². The summed E-state index contributed by atoms with van der Waals surface area (Å²) < 4.78 is 35.8. The number of aliphatic hydroxyl groups excluding tert-OH is 1. The Balaban J connectivity index is 2.55. The van der Waals surface area contributed by atoms with Crippen LogP contribution in [0.1, 0.15) is 36.5 Å². The van der Waals surface area contributed by atoms with Gasteiger partial charge < -0.3 is 5.11 Å². The highest BCUT2D eigenvalue weighted by molar-refractivity contribution is 6.30. The third kappa shape index (κ3) is 5.41. The number of aliphatic hydroxyl groups is 1. The van der Waals surface area contributed by atoms with E-state index >= 15 is 0 Å². The van der Waals surface area contributed by atoms with Crippen LogP contribution in [-0.4, -0.2) is 11.3 Å². The van der Waals surface area contributed by atoms with Gasteiger partial charge in [0.15, 0.2) is 0 Å². The van der Waals surface area contributed by atoms with E-state index in [9.17, 15) is 18.3 Å². The Hall–Kier alpha value is -0.740. The minimum atomic E-state index is -4.16. The van der Waals surface area contributed by atoms with Crippen LogP contribution >= 0.6 is 11.6 Å². The quantitative estimate of drug-likeness (QED) is 0.856. The van der Waals surface area contributed by atoms with Gasteiger partial charge in [0.2, 0.25) is 0 Å². The van der Waals surface area contributed by atoms with Gasteiger partial charge in [-0.3, -0.25) is 0 Å². The molecular weight excluding hydrogens is 253 g/mol. The van der Waals surface area contributed by atoms with E-state index in [2.05, 4.69) is 0 Å². The summed E-state index contributed by atoms with van der Waals surface area (Å²) in [4.78, 5) is 0. The molecule has 1 rings (SSSR count). The minimum absolute atomic E-state index is 0.0826. The van der Waals surface area contributed by atoms with Crippen LogP contribution in [0.3, 0.4) is 0 Å². The number of alkyl halides is 3. The molecule has 0 radical (unpaired) electrons. The molecule has 5 heteroatoms. The molecule has 0 heterocycles. The Morgan fingerprint density at radius 2 is 1.94 bits per heavy atom. The molecule has 1 atom stereocenters. The van der Waals surface area contributed by atoms with Crippen LogP contribution in [0.15, 0.2) is 18.2 Å². The molecular formula is C12H14ClF3O. The first-order valence-corrected chi connectivity index (χ1v) is 5.67. The number of benzene rings is 1. The average Bonchev–Trinajstić information content (AvgIpc) is 2.13. The van der Waals surface area contributed by atoms with Gasteiger partial charge in [0.05, 0.1) is 6.10 Å². The second-order valence-electron chi connectivity index (χ2n) is 4.09. The molecule has 96 valence electrons. The fourth-order valence-corrected chi connectivity index (χ4v) is 1.92. The van der Waals surface area contributed by atoms with E-state index in [4.69, 9.17) is 11.6 Å². The smallest absolute Gasteiger partial charge is 0.388 e. The Labute approximate surface area is 103 Å². The third-order valence-corrected chi connectivity index (χ3v) is 2.61. The predicted octanol–water partition coefficient (Wildman–Crippen LogP) is 4.41. The second kappa shape index (κ2) is 5.74. The van der Waals surface area contributed by atoms with Crippen molar-refractivity contribution in [2.75, 3.05) is 0 Å². The molecule has 0 aromatic heterocycles. The summed E-state index contributed by atoms with van der Waals surface area (Å²) in [6, 6.07) is 5.03. The Bertz CT molecular complexity index is 356. The summed E-state index contributed by atoms with van der Waals surface area (Å²) in [6.07, 6.45) is -5.93. The van der Waals surface area contributed by atoms with E-state index in [0.717, 1.165) is 5.56 Å². The fraction of sp³-hybridized carbons (Fsp3) is 0.500. The van der Waals surface area contributed by atoms with Gasteiger partial charge in [-0.25, -0.2) is 0 Å². The molecule has 0 fully saturated rings. The first-order valence-electron chi connectivity index (χ1n) is 5.30. The Morgan fingerprint density at radius 1 is 1.29 bits per heavy atom. The molecule has 1 aromatic carbocycles. The van der Waals surface area contributed by atoms with Gasteiger partial charge in [0.1, 0.15) is 0 Å². The van der Waals surface area contributed by atoms with Gasteiger partial charge in [-0.1, -0.05) is 17.7 Å². The van der Waals surface area contributed by atoms with Crippen molar-refractivity contribution < 1.29 is 18.3 Å². The van der Waals surface area contributed by atoms with Crippen molar-refractivity contribution in [3.8, 4) is 0 Å². The lowest BCUT2D eigenvalue weighted by atomic mass is 10.0. The Morgan fingerprint density at radius 3 is 2.47 bits per heavy atom. The first kappa shape index (κ1) is 14.3. The summed E-state index contributed by atoms with van der Waals surface area (Å²) in [5.74, 6) is 0. The van der Waals surface area contributed by atoms with Crippen LogP contribution in [0.5, 0.6) is 0 Å². The SMILES string of the molecule is Cc1cc(Cl)cc(C(O)CCCC(F)(F)F)c1. The molecule has 0 aliphatic heterocycles. The van der Waals surface area contributed by atoms with Crippen LogP contribution in [0.2, 0.25) is 5.02 Å². The lowest BCUT2D eigenvalue weighted by Gasteiger charge is -2.13. The zero-order chi connectivity index (χ0) is 13.1. The van der Waals surface area contributed by atoms with Gasteiger partial charge in [-0.05, 0) is 43.0 Å². The molecule has 0 spiro atoms. The molecule has 0 saturated carbocycles. The highest BCUT2D eigenvalue weighted by Crippen LogP contribution is 2.27. The number of halogens is 4. The standard InChI is InChI=1S/C12H14ClF3O/c1-8-5-9(7-10(13)6-8)11(17)3-2-4-12(14,15)16/h5-7,11,17H,2-4H2,1H3. The molecule has 0 aliphatic carbocycles. The minimum Gasteiger partial charge on any atom is -0.388 e. The topological polar surface area (TPSA) is 20.2 Å². The van der Waals surface area contributed by atoms with Gasteiger partial charge in [0.25, 0.3) is 0 Å². The van der Waals surface area contributed by atoms with E-state index in [-0.39, 0.29) is 12.8 Å². The van der Waals surface area contributed by atoms with E-state index in [1.807, 2.05) is 6.92 Å². The zero-order valence-electron chi connectivity index (χ0n) is 9.39. The van der Waals surface area contributed by atoms with Crippen molar-refractivity contribution in [3.63, 3.8) is 0 Å². The largest absolute Gasteiger partial charge is 0.389 e. The van der Waals surface area contributed by atoms with Crippen molar-refractivity contribution in [1.29, 1.82) is 0 Å². The molecule has 1 nitrogen and oxygen atoms in total. The normalized spacial score (nSPS) is 13.8. The van der Waals surface area contributed by atoms with E-state index in [1.54, 1.807) is 18.2 Å². The van der Waals surface area contributed by atoms with Crippen molar-refractivity contribution in [1.82, 2.24) is 0 Å². The fourth-order valence-electron chi connectivity index (χ4n) is 1.62. The zero-order valence-corrected chi connectivity index (χ0v) is 10.1. The molecule has 0 saturated heterocycles. The summed E-state index contributed by atoms with van der Waals surface area (Å²) in [5.41, 5.74) is 1.44. The summed E-state index contributed by atoms with van der Waals surface area (Å²) in [5, 5.41) is 10.2. The van der Waals surface area contributed by atoms with Crippen molar-refractivity contribution in [2.24, 2.45) is 0 Å². The lowest BCUT2D eigenvalue weighted by Crippen LogP contribution is -2.08. The monoisotopic (exact) mass is 266 g/mol. The summed E-state index contributed by atoms with van der Waals surface area (Å²) in [6.45, 7) is 1.82. The Kier molecular flexibility index (Phi) is 4.83. The van der Waals surface area contributed by atoms with Crippen LogP contribution < -0.4 is 0 Å². The third-order valence-electron chi connectivity index (χ3n) is 2.39. The highest BCUT2D eigenvalue weighted by Gasteiger charge is 2.26. The molecule has 1 unspecified atom stereocenters. The van der Waals surface area contributed by atoms with E-state index in [1.165, 1.54) is 0 Å². The summed E-state index contributed by atoms with van der Waals surface area (Å²) in [7, 11) is 0. The first-order chi connectivity index (χ1) is 7.78. The maximum absolute atomic E-state index is 11.9. The molecule has 0 aliphatic rings. The maximum Gasteiger partial charge on any atom is 0.389 e. The van der Waals surface area contributed by atoms with Crippen LogP contribution in [0.25, 0.3) is 0 Å². The number of aryl methyl sites for hydroxylation is 1. The van der Waals surface area contributed by atoms with Gasteiger partial charge in [0, 0.05) is 11.4 Å². The van der Waals surface area contributed by atoms with Crippen LogP contribution in [0, 0.1) is 6.92 Å². The molecule has 0 bridgehead atoms. The van der Waals surface area contributed by atoms with Gasteiger partial charge in [-0.15, -0.1) is 0 Å². The van der Waals surface area contributed by atoms with Crippen LogP contribution in [-0.2, 0) is 0 Å². The predicted molar refractivity (Wildman–Crippen MR) is 61.1 cm³/mol.